The van der Waals surface area contributed by atoms with Gasteiger partial charge in [-0.15, -0.1) is 13.2 Å². The molecular weight excluding hydrogens is 535 g/mol. The van der Waals surface area contributed by atoms with Crippen LogP contribution in [0.5, 0.6) is 11.5 Å². The van der Waals surface area contributed by atoms with Gasteiger partial charge in [-0.05, 0) is 108 Å². The van der Waals surface area contributed by atoms with Gasteiger partial charge in [-0.3, -0.25) is 4.79 Å². The Bertz CT molecular complexity index is 1110. The molecule has 0 bridgehead atoms. The largest absolute Gasteiger partial charge is 0.573 e. The molecule has 0 aromatic heterocycles. The number of alkyl halides is 3. The van der Waals surface area contributed by atoms with Crippen LogP contribution in [0.3, 0.4) is 0 Å². The highest BCUT2D eigenvalue weighted by molar-refractivity contribution is 5.72. The lowest BCUT2D eigenvalue weighted by atomic mass is 9.67. The van der Waals surface area contributed by atoms with E-state index < -0.39 is 6.36 Å². The first-order valence-corrected chi connectivity index (χ1v) is 14.6. The number of benzene rings is 2. The van der Waals surface area contributed by atoms with Crippen molar-refractivity contribution in [2.24, 2.45) is 5.92 Å². The van der Waals surface area contributed by atoms with Gasteiger partial charge in [0, 0.05) is 18.6 Å². The Kier molecular flexibility index (Phi) is 10.2. The molecule has 2 fully saturated rings. The number of hydrogen-bond acceptors (Lipinski definition) is 6. The fourth-order valence-corrected chi connectivity index (χ4v) is 6.21. The molecule has 1 aliphatic heterocycles. The topological polar surface area (TPSA) is 66.0 Å². The fourth-order valence-electron chi connectivity index (χ4n) is 6.21. The van der Waals surface area contributed by atoms with E-state index in [9.17, 15) is 18.0 Å². The predicted octanol–water partition coefficient (Wildman–Crippen LogP) is 7.09. The zero-order valence-corrected chi connectivity index (χ0v) is 24.2. The Hall–Kier alpha value is -2.78. The van der Waals surface area contributed by atoms with E-state index in [1.165, 1.54) is 12.1 Å². The van der Waals surface area contributed by atoms with Crippen LogP contribution in [0.1, 0.15) is 76.8 Å². The van der Waals surface area contributed by atoms with E-state index >= 15 is 0 Å². The van der Waals surface area contributed by atoms with Crippen molar-refractivity contribution in [3.8, 4) is 11.5 Å². The minimum Gasteiger partial charge on any atom is -0.490 e. The summed E-state index contributed by atoms with van der Waals surface area (Å²) < 4.78 is 59.3. The van der Waals surface area contributed by atoms with Gasteiger partial charge in [0.05, 0.1) is 24.2 Å². The third-order valence-corrected chi connectivity index (χ3v) is 8.17. The van der Waals surface area contributed by atoms with Gasteiger partial charge >= 0.3 is 12.3 Å². The Labute approximate surface area is 240 Å². The summed E-state index contributed by atoms with van der Waals surface area (Å²) in [6.45, 7) is 8.41. The van der Waals surface area contributed by atoms with Gasteiger partial charge in [-0.1, -0.05) is 24.3 Å². The van der Waals surface area contributed by atoms with E-state index in [0.29, 0.717) is 19.8 Å². The van der Waals surface area contributed by atoms with Gasteiger partial charge in [0.1, 0.15) is 11.5 Å². The molecule has 226 valence electrons. The van der Waals surface area contributed by atoms with E-state index in [4.69, 9.17) is 14.2 Å². The molecule has 1 atom stereocenters. The van der Waals surface area contributed by atoms with Crippen molar-refractivity contribution < 1.29 is 36.9 Å². The Morgan fingerprint density at radius 2 is 1.66 bits per heavy atom. The zero-order chi connectivity index (χ0) is 29.5. The third-order valence-electron chi connectivity index (χ3n) is 8.17. The summed E-state index contributed by atoms with van der Waals surface area (Å²) in [5, 5.41) is 3.54. The first-order chi connectivity index (χ1) is 19.5. The highest BCUT2D eigenvalue weighted by atomic mass is 19.4. The molecular formula is C32H42F3NO5. The Morgan fingerprint density at radius 1 is 1.00 bits per heavy atom. The van der Waals surface area contributed by atoms with E-state index in [1.807, 2.05) is 19.1 Å². The standard InChI is InChI=1S/C32H42F3NO5/c1-4-38-29(37)24-7-13-27(14-8-24)40-26-11-5-23(6-12-26)21-36-19-17-31(18-20-39-30(2,3)22-31)25-9-15-28(16-10-25)41-32(33,34)35/h5-6,9-12,15-16,24,27,36H,4,7-8,13-14,17-22H2,1-3H3/t24-,27-,31?. The van der Waals surface area contributed by atoms with Crippen LogP contribution in [0, 0.1) is 5.92 Å². The maximum atomic E-state index is 12.6. The zero-order valence-electron chi connectivity index (χ0n) is 24.2. The molecule has 0 radical (unpaired) electrons. The number of rotatable bonds is 11. The maximum absolute atomic E-state index is 12.6. The van der Waals surface area contributed by atoms with Crippen LogP contribution >= 0.6 is 0 Å². The van der Waals surface area contributed by atoms with Crippen LogP contribution in [0.25, 0.3) is 0 Å². The minimum absolute atomic E-state index is 0.0163. The summed E-state index contributed by atoms with van der Waals surface area (Å²) >= 11 is 0. The molecule has 1 N–H and O–H groups in total. The molecule has 6 nitrogen and oxygen atoms in total. The molecule has 1 aliphatic carbocycles. The van der Waals surface area contributed by atoms with Gasteiger partial charge in [0.25, 0.3) is 0 Å². The summed E-state index contributed by atoms with van der Waals surface area (Å²) in [5.74, 6) is 0.507. The Balaban J connectivity index is 1.28. The fraction of sp³-hybridized carbons (Fsp3) is 0.594. The summed E-state index contributed by atoms with van der Waals surface area (Å²) in [7, 11) is 0. The molecule has 9 heteroatoms. The first kappa shape index (κ1) is 31.2. The lowest BCUT2D eigenvalue weighted by molar-refractivity contribution is -0.274. The number of esters is 1. The van der Waals surface area contributed by atoms with Gasteiger partial charge in [-0.25, -0.2) is 0 Å². The van der Waals surface area contributed by atoms with Crippen LogP contribution in [-0.2, 0) is 26.2 Å². The van der Waals surface area contributed by atoms with E-state index in [0.717, 1.165) is 68.4 Å². The van der Waals surface area contributed by atoms with Crippen molar-refractivity contribution in [1.82, 2.24) is 5.32 Å². The van der Waals surface area contributed by atoms with Crippen molar-refractivity contribution in [3.63, 3.8) is 0 Å². The van der Waals surface area contributed by atoms with Crippen molar-refractivity contribution in [3.05, 3.63) is 59.7 Å². The molecule has 1 saturated carbocycles. The average molecular weight is 578 g/mol. The van der Waals surface area contributed by atoms with Crippen molar-refractivity contribution in [2.45, 2.75) is 95.7 Å². The number of hydrogen-bond donors (Lipinski definition) is 1. The van der Waals surface area contributed by atoms with Crippen molar-refractivity contribution >= 4 is 5.97 Å². The van der Waals surface area contributed by atoms with Gasteiger partial charge in [-0.2, -0.15) is 0 Å². The average Bonchev–Trinajstić information content (AvgIpc) is 2.91. The lowest BCUT2D eigenvalue weighted by Gasteiger charge is -2.45. The quantitative estimate of drug-likeness (QED) is 0.227. The molecule has 2 aromatic rings. The molecule has 1 unspecified atom stereocenters. The van der Waals surface area contributed by atoms with Gasteiger partial charge in [0.15, 0.2) is 0 Å². The van der Waals surface area contributed by atoms with Crippen molar-refractivity contribution in [2.75, 3.05) is 19.8 Å². The number of carbonyl (C=O) groups is 1. The number of nitrogens with one attached hydrogen (secondary N) is 1. The molecule has 0 amide bonds. The second-order valence-corrected chi connectivity index (χ2v) is 11.8. The predicted molar refractivity (Wildman–Crippen MR) is 150 cm³/mol. The molecule has 1 saturated heterocycles. The normalized spacial score (nSPS) is 24.4. The van der Waals surface area contributed by atoms with Crippen LogP contribution in [-0.4, -0.2) is 43.8 Å². The monoisotopic (exact) mass is 577 g/mol. The number of ether oxygens (including phenoxy) is 4. The molecule has 4 rings (SSSR count). The number of halogens is 3. The van der Waals surface area contributed by atoms with Crippen LogP contribution in [0.2, 0.25) is 0 Å². The second kappa shape index (κ2) is 13.5. The summed E-state index contributed by atoms with van der Waals surface area (Å²) in [6, 6.07) is 14.4. The highest BCUT2D eigenvalue weighted by Gasteiger charge is 2.42. The third kappa shape index (κ3) is 9.10. The molecule has 2 aliphatic rings. The molecule has 1 heterocycles. The SMILES string of the molecule is CCOC(=O)[C@H]1CC[C@H](Oc2ccc(CNCCC3(c4ccc(OC(F)(F)F)cc4)CCOC(C)(C)C3)cc2)CC1. The molecule has 2 aromatic carbocycles. The van der Waals surface area contributed by atoms with Gasteiger partial charge < -0.3 is 24.3 Å². The summed E-state index contributed by atoms with van der Waals surface area (Å²) in [5.41, 5.74) is 1.60. The molecule has 41 heavy (non-hydrogen) atoms. The highest BCUT2D eigenvalue weighted by Crippen LogP contribution is 2.44. The van der Waals surface area contributed by atoms with Crippen LogP contribution < -0.4 is 14.8 Å². The van der Waals surface area contributed by atoms with E-state index in [1.54, 1.807) is 12.1 Å². The van der Waals surface area contributed by atoms with Gasteiger partial charge in [0.2, 0.25) is 0 Å². The summed E-state index contributed by atoms with van der Waals surface area (Å²) in [6.07, 6.45) is 1.07. The summed E-state index contributed by atoms with van der Waals surface area (Å²) in [4.78, 5) is 12.0. The van der Waals surface area contributed by atoms with Crippen LogP contribution in [0.15, 0.2) is 48.5 Å². The maximum Gasteiger partial charge on any atom is 0.573 e. The first-order valence-electron chi connectivity index (χ1n) is 14.6. The Morgan fingerprint density at radius 3 is 2.27 bits per heavy atom. The van der Waals surface area contributed by atoms with E-state index in [2.05, 4.69) is 36.0 Å². The van der Waals surface area contributed by atoms with Crippen LogP contribution in [0.4, 0.5) is 13.2 Å². The smallest absolute Gasteiger partial charge is 0.490 e. The second-order valence-electron chi connectivity index (χ2n) is 11.8. The van der Waals surface area contributed by atoms with Crippen molar-refractivity contribution in [1.29, 1.82) is 0 Å². The number of carbonyl (C=O) groups excluding carboxylic acids is 1. The molecule has 0 spiro atoms. The minimum atomic E-state index is -4.71. The van der Waals surface area contributed by atoms with E-state index in [-0.39, 0.29) is 34.8 Å². The lowest BCUT2D eigenvalue weighted by Crippen LogP contribution is -2.45.